The number of unbranched alkanes of at least 4 members (excludes halogenated alkanes) is 2. The minimum atomic E-state index is -0.293. The Morgan fingerprint density at radius 3 is 2.39 bits per heavy atom. The summed E-state index contributed by atoms with van der Waals surface area (Å²) in [4.78, 5) is 0. The van der Waals surface area contributed by atoms with Crippen molar-refractivity contribution in [3.05, 3.63) is 52.8 Å². The Bertz CT molecular complexity index is 906. The van der Waals surface area contributed by atoms with E-state index in [1.807, 2.05) is 24.3 Å². The summed E-state index contributed by atoms with van der Waals surface area (Å²) >= 11 is 0. The first kappa shape index (κ1) is 23.3. The van der Waals surface area contributed by atoms with E-state index in [2.05, 4.69) is 26.0 Å². The van der Waals surface area contributed by atoms with Crippen molar-refractivity contribution < 1.29 is 9.13 Å². The molecule has 0 saturated heterocycles. The van der Waals surface area contributed by atoms with Crippen molar-refractivity contribution in [2.24, 2.45) is 5.92 Å². The molecule has 1 aliphatic rings. The first-order chi connectivity index (χ1) is 15.1. The lowest BCUT2D eigenvalue weighted by atomic mass is 9.76. The van der Waals surface area contributed by atoms with Gasteiger partial charge in [-0.25, -0.2) is 4.39 Å². The van der Waals surface area contributed by atoms with E-state index in [4.69, 9.17) is 4.74 Å². The second kappa shape index (κ2) is 11.3. The van der Waals surface area contributed by atoms with Crippen LogP contribution in [0.4, 0.5) is 4.39 Å². The molecule has 2 aromatic rings. The van der Waals surface area contributed by atoms with E-state index < -0.39 is 0 Å². The molecule has 166 valence electrons. The van der Waals surface area contributed by atoms with Gasteiger partial charge in [0.2, 0.25) is 0 Å². The van der Waals surface area contributed by atoms with E-state index in [0.717, 1.165) is 30.7 Å². The van der Waals surface area contributed by atoms with Crippen LogP contribution in [0, 0.1) is 23.1 Å². The van der Waals surface area contributed by atoms with Crippen LogP contribution >= 0.6 is 0 Å². The molecule has 0 bridgehead atoms. The Morgan fingerprint density at radius 2 is 1.74 bits per heavy atom. The smallest absolute Gasteiger partial charge is 0.168 e. The lowest BCUT2D eigenvalue weighted by molar-refractivity contribution is 0.308. The van der Waals surface area contributed by atoms with Gasteiger partial charge in [-0.05, 0) is 67.6 Å². The van der Waals surface area contributed by atoms with Gasteiger partial charge in [0.1, 0.15) is 0 Å². The molecule has 0 heterocycles. The third-order valence-electron chi connectivity index (χ3n) is 6.90. The number of hydrogen-bond donors (Lipinski definition) is 0. The molecule has 0 N–H and O–H groups in total. The molecule has 1 fully saturated rings. The van der Waals surface area contributed by atoms with Crippen molar-refractivity contribution in [2.45, 2.75) is 84.0 Å². The number of rotatable bonds is 9. The largest absolute Gasteiger partial charge is 0.493 e. The van der Waals surface area contributed by atoms with Crippen molar-refractivity contribution >= 4 is 0 Å². The molecule has 31 heavy (non-hydrogen) atoms. The number of aryl methyl sites for hydroxylation is 1. The van der Waals surface area contributed by atoms with E-state index in [9.17, 15) is 5.26 Å². The van der Waals surface area contributed by atoms with Crippen LogP contribution in [0.2, 0.25) is 0 Å². The SMILES string of the molecule is CCCCCc1ccc(-c2ccc(C3CCC(CCC)CC3)cc2C#N)c(OC)c1F. The highest BCUT2D eigenvalue weighted by atomic mass is 19.1. The second-order valence-electron chi connectivity index (χ2n) is 9.00. The van der Waals surface area contributed by atoms with Gasteiger partial charge in [0, 0.05) is 11.1 Å². The van der Waals surface area contributed by atoms with Gasteiger partial charge >= 0.3 is 0 Å². The third kappa shape index (κ3) is 5.48. The zero-order valence-corrected chi connectivity index (χ0v) is 19.3. The molecular formula is C28H36FNO. The summed E-state index contributed by atoms with van der Waals surface area (Å²) in [5.41, 5.74) is 3.94. The normalized spacial score (nSPS) is 18.5. The Morgan fingerprint density at radius 1 is 1.00 bits per heavy atom. The molecule has 3 heteroatoms. The predicted molar refractivity (Wildman–Crippen MR) is 126 cm³/mol. The van der Waals surface area contributed by atoms with Crippen LogP contribution in [0.5, 0.6) is 5.75 Å². The average Bonchev–Trinajstić information content (AvgIpc) is 2.80. The number of nitrogens with zero attached hydrogens (tertiary/aromatic N) is 1. The summed E-state index contributed by atoms with van der Waals surface area (Å²) in [5.74, 6) is 1.34. The minimum absolute atomic E-state index is 0.248. The minimum Gasteiger partial charge on any atom is -0.493 e. The zero-order chi connectivity index (χ0) is 22.2. The summed E-state index contributed by atoms with van der Waals surface area (Å²) in [5, 5.41) is 9.86. The van der Waals surface area contributed by atoms with Gasteiger partial charge in [0.05, 0.1) is 18.7 Å². The summed E-state index contributed by atoms with van der Waals surface area (Å²) in [6.07, 6.45) is 11.4. The maximum atomic E-state index is 15.1. The van der Waals surface area contributed by atoms with Gasteiger partial charge in [0.25, 0.3) is 0 Å². The summed E-state index contributed by atoms with van der Waals surface area (Å²) in [6, 6.07) is 12.3. The van der Waals surface area contributed by atoms with Crippen LogP contribution in [0.1, 0.15) is 94.2 Å². The van der Waals surface area contributed by atoms with Crippen molar-refractivity contribution in [3.63, 3.8) is 0 Å². The molecule has 0 aliphatic heterocycles. The summed E-state index contributed by atoms with van der Waals surface area (Å²) in [7, 11) is 1.51. The summed E-state index contributed by atoms with van der Waals surface area (Å²) < 4.78 is 20.6. The number of ether oxygens (including phenoxy) is 1. The molecular weight excluding hydrogens is 385 g/mol. The standard InChI is InChI=1S/C28H36FNO/c1-4-6-7-9-22-14-17-26(28(31-3)27(22)29)25-16-15-23(18-24(25)19-30)21-12-10-20(8-5-2)11-13-21/h14-18,20-21H,4-13H2,1-3H3. The van der Waals surface area contributed by atoms with Crippen molar-refractivity contribution in [1.82, 2.24) is 0 Å². The first-order valence-corrected chi connectivity index (χ1v) is 12.0. The average molecular weight is 422 g/mol. The van der Waals surface area contributed by atoms with Crippen LogP contribution in [-0.2, 0) is 6.42 Å². The number of halogens is 1. The zero-order valence-electron chi connectivity index (χ0n) is 19.3. The van der Waals surface area contributed by atoms with E-state index in [0.29, 0.717) is 29.0 Å². The molecule has 0 aromatic heterocycles. The number of methoxy groups -OCH3 is 1. The van der Waals surface area contributed by atoms with Crippen LogP contribution in [-0.4, -0.2) is 7.11 Å². The highest BCUT2D eigenvalue weighted by molar-refractivity contribution is 5.77. The lowest BCUT2D eigenvalue weighted by Crippen LogP contribution is -2.13. The molecule has 1 aliphatic carbocycles. The Kier molecular flexibility index (Phi) is 8.52. The fourth-order valence-corrected chi connectivity index (χ4v) is 5.10. The topological polar surface area (TPSA) is 33.0 Å². The van der Waals surface area contributed by atoms with Crippen LogP contribution in [0.3, 0.4) is 0 Å². The molecule has 0 unspecified atom stereocenters. The molecule has 0 atom stereocenters. The van der Waals surface area contributed by atoms with Gasteiger partial charge in [0.15, 0.2) is 11.6 Å². The highest BCUT2D eigenvalue weighted by Gasteiger charge is 2.23. The Balaban J connectivity index is 1.86. The Hall–Kier alpha value is -2.34. The number of benzene rings is 2. The maximum Gasteiger partial charge on any atom is 0.168 e. The van der Waals surface area contributed by atoms with Crippen LogP contribution in [0.25, 0.3) is 11.1 Å². The van der Waals surface area contributed by atoms with Crippen LogP contribution in [0.15, 0.2) is 30.3 Å². The van der Waals surface area contributed by atoms with Gasteiger partial charge in [-0.3, -0.25) is 0 Å². The third-order valence-corrected chi connectivity index (χ3v) is 6.90. The maximum absolute atomic E-state index is 15.1. The molecule has 3 rings (SSSR count). The monoisotopic (exact) mass is 421 g/mol. The van der Waals surface area contributed by atoms with E-state index in [1.54, 1.807) is 0 Å². The van der Waals surface area contributed by atoms with Gasteiger partial charge in [-0.2, -0.15) is 5.26 Å². The quantitative estimate of drug-likeness (QED) is 0.382. The number of hydrogen-bond acceptors (Lipinski definition) is 2. The van der Waals surface area contributed by atoms with Gasteiger partial charge < -0.3 is 4.74 Å². The molecule has 2 nitrogen and oxygen atoms in total. The fraction of sp³-hybridized carbons (Fsp3) is 0.536. The molecule has 0 spiro atoms. The highest BCUT2D eigenvalue weighted by Crippen LogP contribution is 2.41. The van der Waals surface area contributed by atoms with Gasteiger partial charge in [-0.1, -0.05) is 63.8 Å². The van der Waals surface area contributed by atoms with Crippen LogP contribution < -0.4 is 4.74 Å². The lowest BCUT2D eigenvalue weighted by Gasteiger charge is -2.29. The Labute approximate surface area is 187 Å². The molecule has 0 radical (unpaired) electrons. The van der Waals surface area contributed by atoms with E-state index in [1.165, 1.54) is 51.2 Å². The molecule has 0 amide bonds. The van der Waals surface area contributed by atoms with E-state index in [-0.39, 0.29) is 11.6 Å². The van der Waals surface area contributed by atoms with E-state index >= 15 is 4.39 Å². The van der Waals surface area contributed by atoms with Crippen molar-refractivity contribution in [1.29, 1.82) is 5.26 Å². The number of nitriles is 1. The fourth-order valence-electron chi connectivity index (χ4n) is 5.10. The predicted octanol–water partition coefficient (Wildman–Crippen LogP) is 8.18. The van der Waals surface area contributed by atoms with Crippen molar-refractivity contribution in [3.8, 4) is 22.9 Å². The first-order valence-electron chi connectivity index (χ1n) is 12.0. The summed E-state index contributed by atoms with van der Waals surface area (Å²) in [6.45, 7) is 4.41. The van der Waals surface area contributed by atoms with Gasteiger partial charge in [-0.15, -0.1) is 0 Å². The second-order valence-corrected chi connectivity index (χ2v) is 9.00. The van der Waals surface area contributed by atoms with Crippen molar-refractivity contribution in [2.75, 3.05) is 7.11 Å². The molecule has 2 aromatic carbocycles. The molecule has 1 saturated carbocycles.